The second-order valence-electron chi connectivity index (χ2n) is 3.60. The van der Waals surface area contributed by atoms with Gasteiger partial charge in [-0.1, -0.05) is 36.4 Å². The average Bonchev–Trinajstić information content (AvgIpc) is 2.63. The van der Waals surface area contributed by atoms with Gasteiger partial charge in [-0.05, 0) is 67.8 Å². The fourth-order valence-corrected chi connectivity index (χ4v) is 1.34. The minimum atomic E-state index is 0.587. The zero-order chi connectivity index (χ0) is 19.6. The molecule has 0 heterocycles. The number of nitrogens with one attached hydrogen (secondary N) is 1. The first-order valence-corrected chi connectivity index (χ1v) is 8.61. The maximum atomic E-state index is 5.77. The molecule has 0 atom stereocenters. The smallest absolute Gasteiger partial charge is 0.0671 e. The number of nitrogens with zero attached hydrogens (tertiary/aromatic N) is 3. The number of thiocarbonyl (C=S) groups is 4. The van der Waals surface area contributed by atoms with E-state index >= 15 is 0 Å². The summed E-state index contributed by atoms with van der Waals surface area (Å²) in [4.78, 5) is 10.9. The highest BCUT2D eigenvalue weighted by atomic mass is 32.1. The van der Waals surface area contributed by atoms with E-state index in [1.807, 2.05) is 25.1 Å². The Morgan fingerprint density at radius 2 is 1.52 bits per heavy atom. The predicted octanol–water partition coefficient (Wildman–Crippen LogP) is 5.38. The Morgan fingerprint density at radius 3 is 1.84 bits per heavy atom. The predicted molar refractivity (Wildman–Crippen MR) is 121 cm³/mol. The van der Waals surface area contributed by atoms with Gasteiger partial charge in [-0.3, -0.25) is 0 Å². The molecule has 1 rings (SSSR count). The maximum absolute atomic E-state index is 5.77. The van der Waals surface area contributed by atoms with E-state index < -0.39 is 0 Å². The minimum absolute atomic E-state index is 0.587. The van der Waals surface area contributed by atoms with Gasteiger partial charge in [-0.15, -0.1) is 6.58 Å². The summed E-state index contributed by atoms with van der Waals surface area (Å²) in [6.07, 6.45) is 2.61. The first kappa shape index (κ1) is 28.0. The number of rotatable bonds is 6. The molecule has 0 aliphatic heterocycles. The molecule has 0 spiro atoms. The molecule has 1 aromatic carbocycles. The summed E-state index contributed by atoms with van der Waals surface area (Å²) in [6.45, 7) is 7.42. The largest absolute Gasteiger partial charge is 0.248 e. The second-order valence-corrected chi connectivity index (χ2v) is 4.35. The normalized spacial score (nSPS) is 6.76. The Morgan fingerprint density at radius 1 is 1.00 bits per heavy atom. The highest BCUT2D eigenvalue weighted by Gasteiger charge is 1.87. The van der Waals surface area contributed by atoms with E-state index in [9.17, 15) is 0 Å². The molecule has 4 nitrogen and oxygen atoms in total. The van der Waals surface area contributed by atoms with Gasteiger partial charge in [0.2, 0.25) is 0 Å². The Kier molecular flexibility index (Phi) is 33.7. The maximum Gasteiger partial charge on any atom is 0.0671 e. The number of benzene rings is 1. The van der Waals surface area contributed by atoms with Gasteiger partial charge in [0, 0.05) is 6.54 Å². The van der Waals surface area contributed by atoms with Crippen LogP contribution in [0.4, 0.5) is 0 Å². The summed E-state index contributed by atoms with van der Waals surface area (Å²) in [5.41, 5.74) is 1.29. The van der Waals surface area contributed by atoms with Crippen molar-refractivity contribution in [1.82, 2.24) is 0 Å². The fourth-order valence-electron chi connectivity index (χ4n) is 1.04. The van der Waals surface area contributed by atoms with Gasteiger partial charge in [0.15, 0.2) is 0 Å². The van der Waals surface area contributed by atoms with Gasteiger partial charge >= 0.3 is 0 Å². The van der Waals surface area contributed by atoms with Crippen LogP contribution >= 0.6 is 48.9 Å². The molecule has 25 heavy (non-hydrogen) atoms. The van der Waals surface area contributed by atoms with Gasteiger partial charge in [0.05, 0.1) is 33.7 Å². The van der Waals surface area contributed by atoms with E-state index in [-0.39, 0.29) is 0 Å². The summed E-state index contributed by atoms with van der Waals surface area (Å²) >= 11 is 16.7. The van der Waals surface area contributed by atoms with Crippen molar-refractivity contribution in [1.29, 1.82) is 5.41 Å². The van der Waals surface area contributed by atoms with Gasteiger partial charge in [-0.25, -0.2) is 20.4 Å². The molecule has 0 aliphatic carbocycles. The van der Waals surface area contributed by atoms with Crippen LogP contribution in [0.2, 0.25) is 0 Å². The Labute approximate surface area is 171 Å². The summed E-state index contributed by atoms with van der Waals surface area (Å²) in [5.74, 6) is 0. The van der Waals surface area contributed by atoms with Crippen molar-refractivity contribution >= 4 is 69.5 Å². The summed E-state index contributed by atoms with van der Waals surface area (Å²) in [5, 5.41) is 14.1. The lowest BCUT2D eigenvalue weighted by atomic mass is 10.2. The highest BCUT2D eigenvalue weighted by molar-refractivity contribution is 7.78. The van der Waals surface area contributed by atoms with Crippen molar-refractivity contribution in [2.75, 3.05) is 19.6 Å². The molecule has 1 aromatic rings. The molecule has 0 radical (unpaired) electrons. The second kappa shape index (κ2) is 30.1. The van der Waals surface area contributed by atoms with Crippen LogP contribution in [0.3, 0.4) is 0 Å². The van der Waals surface area contributed by atoms with E-state index in [1.165, 1.54) is 5.56 Å². The average molecular weight is 409 g/mol. The molecule has 0 unspecified atom stereocenters. The lowest BCUT2D eigenvalue weighted by Crippen LogP contribution is -1.87. The van der Waals surface area contributed by atoms with Crippen LogP contribution < -0.4 is 0 Å². The summed E-state index contributed by atoms with van der Waals surface area (Å²) in [7, 11) is 0. The zero-order valence-corrected chi connectivity index (χ0v) is 17.2. The van der Waals surface area contributed by atoms with Crippen LogP contribution in [0.25, 0.3) is 0 Å². The number of aliphatic imine (C=N–C) groups is 3. The standard InChI is InChI=1S/C9H9NS.C4H5NS.C3H5NS.CHNS/c11-8-10-7-6-9-4-2-1-3-5-9;1-2-3-5-4-6;1-2-4-3-5;2-1-3/h1-5H,6-7H2;2H,1,3H2;2H2,1H3;2H. The molecule has 0 aromatic heterocycles. The quantitative estimate of drug-likeness (QED) is 0.390. The van der Waals surface area contributed by atoms with Gasteiger partial charge < -0.3 is 0 Å². The lowest BCUT2D eigenvalue weighted by molar-refractivity contribution is 0.976. The molecule has 0 bridgehead atoms. The first-order chi connectivity index (χ1) is 12.2. The third-order valence-electron chi connectivity index (χ3n) is 1.93. The number of hydrogen-bond acceptors (Lipinski definition) is 8. The number of hydrogen-bond donors (Lipinski definition) is 1. The molecule has 132 valence electrons. The SMILES string of the molecule is C=CCN=C=S.CCN=C=S.N=C=S.S=C=NCCc1ccccc1. The highest BCUT2D eigenvalue weighted by Crippen LogP contribution is 1.98. The van der Waals surface area contributed by atoms with Crippen molar-refractivity contribution in [3.8, 4) is 0 Å². The van der Waals surface area contributed by atoms with Crippen molar-refractivity contribution in [2.24, 2.45) is 15.0 Å². The first-order valence-electron chi connectivity index (χ1n) is 6.97. The minimum Gasteiger partial charge on any atom is -0.248 e. The van der Waals surface area contributed by atoms with Crippen LogP contribution in [0.5, 0.6) is 0 Å². The van der Waals surface area contributed by atoms with Crippen molar-refractivity contribution < 1.29 is 0 Å². The zero-order valence-electron chi connectivity index (χ0n) is 14.0. The van der Waals surface area contributed by atoms with E-state index in [0.29, 0.717) is 6.54 Å². The topological polar surface area (TPSA) is 60.9 Å². The molecular weight excluding hydrogens is 388 g/mol. The molecule has 0 saturated heterocycles. The summed E-state index contributed by atoms with van der Waals surface area (Å²) in [6, 6.07) is 10.2. The van der Waals surface area contributed by atoms with Crippen LogP contribution in [0.1, 0.15) is 12.5 Å². The Bertz CT molecular complexity index is 607. The third-order valence-corrected chi connectivity index (χ3v) is 2.31. The van der Waals surface area contributed by atoms with Crippen molar-refractivity contribution in [3.63, 3.8) is 0 Å². The molecule has 0 amide bonds. The van der Waals surface area contributed by atoms with Crippen LogP contribution in [0, 0.1) is 5.41 Å². The fraction of sp³-hybridized carbons (Fsp3) is 0.294. The molecular formula is C17H20N4S4. The Balaban J connectivity index is -0.000000295. The lowest BCUT2D eigenvalue weighted by Gasteiger charge is -1.94. The molecule has 0 saturated carbocycles. The van der Waals surface area contributed by atoms with Crippen molar-refractivity contribution in [3.05, 3.63) is 48.6 Å². The molecule has 0 fully saturated rings. The van der Waals surface area contributed by atoms with Gasteiger partial charge in [-0.2, -0.15) is 0 Å². The molecule has 1 N–H and O–H groups in total. The van der Waals surface area contributed by atoms with Crippen LogP contribution in [0.15, 0.2) is 58.0 Å². The van der Waals surface area contributed by atoms with Gasteiger partial charge in [0.25, 0.3) is 0 Å². The summed E-state index contributed by atoms with van der Waals surface area (Å²) < 4.78 is 0. The van der Waals surface area contributed by atoms with E-state index in [4.69, 9.17) is 5.41 Å². The van der Waals surface area contributed by atoms with E-state index in [2.05, 4.69) is 98.0 Å². The van der Waals surface area contributed by atoms with E-state index in [0.717, 1.165) is 19.5 Å². The van der Waals surface area contributed by atoms with Crippen molar-refractivity contribution in [2.45, 2.75) is 13.3 Å². The number of isothiocyanates is 4. The van der Waals surface area contributed by atoms with Crippen LogP contribution in [-0.2, 0) is 6.42 Å². The molecule has 8 heteroatoms. The van der Waals surface area contributed by atoms with Gasteiger partial charge in [0.1, 0.15) is 0 Å². The van der Waals surface area contributed by atoms with E-state index in [1.54, 1.807) is 11.2 Å². The third kappa shape index (κ3) is 34.5. The Hall–Kier alpha value is -1.84. The van der Waals surface area contributed by atoms with Crippen LogP contribution in [-0.4, -0.2) is 40.3 Å². The monoisotopic (exact) mass is 408 g/mol. The molecule has 0 aliphatic rings.